The van der Waals surface area contributed by atoms with E-state index in [0.717, 1.165) is 15.6 Å². The van der Waals surface area contributed by atoms with Crippen LogP contribution in [-0.2, 0) is 21.2 Å². The summed E-state index contributed by atoms with van der Waals surface area (Å²) in [6, 6.07) is 16.8. The number of amides is 1. The molecule has 7 heteroatoms. The Labute approximate surface area is 162 Å². The molecule has 1 unspecified atom stereocenters. The van der Waals surface area contributed by atoms with E-state index in [1.165, 1.54) is 0 Å². The van der Waals surface area contributed by atoms with Crippen LogP contribution in [0.4, 0.5) is 0 Å². The van der Waals surface area contributed by atoms with Crippen molar-refractivity contribution in [2.45, 2.75) is 12.6 Å². The Kier molecular flexibility index (Phi) is 6.11. The van der Waals surface area contributed by atoms with Gasteiger partial charge in [0.25, 0.3) is 0 Å². The van der Waals surface area contributed by atoms with E-state index in [2.05, 4.69) is 21.2 Å². The van der Waals surface area contributed by atoms with E-state index < -0.39 is 15.9 Å². The summed E-state index contributed by atoms with van der Waals surface area (Å²) < 4.78 is 24.4. The molecule has 0 aromatic heterocycles. The summed E-state index contributed by atoms with van der Waals surface area (Å²) in [7, 11) is -3.00. The monoisotopic (exact) mass is 436 g/mol. The van der Waals surface area contributed by atoms with Gasteiger partial charge in [-0.15, -0.1) is 0 Å². The Balaban J connectivity index is 1.76. The first-order chi connectivity index (χ1) is 12.4. The average molecular weight is 437 g/mol. The second-order valence-corrected chi connectivity index (χ2v) is 9.57. The van der Waals surface area contributed by atoms with Gasteiger partial charge in [0.15, 0.2) is 9.84 Å². The van der Waals surface area contributed by atoms with Crippen LogP contribution in [-0.4, -0.2) is 43.8 Å². The minimum absolute atomic E-state index is 0.0925. The third-order valence-corrected chi connectivity index (χ3v) is 6.57. The minimum Gasteiger partial charge on any atom is -0.350 e. The van der Waals surface area contributed by atoms with Crippen molar-refractivity contribution in [2.24, 2.45) is 0 Å². The lowest BCUT2D eigenvalue weighted by atomic mass is 10.0. The molecule has 1 fully saturated rings. The van der Waals surface area contributed by atoms with Crippen molar-refractivity contribution in [2.75, 3.05) is 24.6 Å². The maximum atomic E-state index is 12.9. The SMILES string of the molecule is O=C(NCc1cccc(Br)c1)C(c1ccccc1)N1CCS(=O)(=O)CC1. The van der Waals surface area contributed by atoms with Gasteiger partial charge in [-0.25, -0.2) is 8.42 Å². The molecule has 1 aliphatic rings. The molecular weight excluding hydrogens is 416 g/mol. The highest BCUT2D eigenvalue weighted by molar-refractivity contribution is 9.10. The number of hydrogen-bond acceptors (Lipinski definition) is 4. The first-order valence-electron chi connectivity index (χ1n) is 8.46. The first-order valence-corrected chi connectivity index (χ1v) is 11.1. The van der Waals surface area contributed by atoms with E-state index in [4.69, 9.17) is 0 Å². The third-order valence-electron chi connectivity index (χ3n) is 4.46. The highest BCUT2D eigenvalue weighted by atomic mass is 79.9. The third kappa shape index (κ3) is 4.93. The molecule has 0 saturated carbocycles. The van der Waals surface area contributed by atoms with E-state index in [0.29, 0.717) is 19.6 Å². The number of nitrogens with zero attached hydrogens (tertiary/aromatic N) is 1. The molecule has 2 aromatic rings. The molecule has 2 aromatic carbocycles. The fourth-order valence-corrected chi connectivity index (χ4v) is 4.76. The fourth-order valence-electron chi connectivity index (χ4n) is 3.08. The lowest BCUT2D eigenvalue weighted by Crippen LogP contribution is -2.47. The van der Waals surface area contributed by atoms with Crippen molar-refractivity contribution in [3.8, 4) is 0 Å². The second-order valence-electron chi connectivity index (χ2n) is 6.35. The lowest BCUT2D eigenvalue weighted by molar-refractivity contribution is -0.126. The average Bonchev–Trinajstić information content (AvgIpc) is 2.63. The molecule has 26 heavy (non-hydrogen) atoms. The van der Waals surface area contributed by atoms with Crippen molar-refractivity contribution in [3.05, 3.63) is 70.2 Å². The molecule has 0 bridgehead atoms. The van der Waals surface area contributed by atoms with Gasteiger partial charge < -0.3 is 5.32 Å². The molecule has 1 N–H and O–H groups in total. The van der Waals surface area contributed by atoms with Gasteiger partial charge in [0.2, 0.25) is 5.91 Å². The highest BCUT2D eigenvalue weighted by Crippen LogP contribution is 2.23. The van der Waals surface area contributed by atoms with Crippen molar-refractivity contribution in [1.82, 2.24) is 10.2 Å². The number of hydrogen-bond donors (Lipinski definition) is 1. The van der Waals surface area contributed by atoms with Gasteiger partial charge in [-0.2, -0.15) is 0 Å². The summed E-state index contributed by atoms with van der Waals surface area (Å²) in [6.45, 7) is 1.16. The van der Waals surface area contributed by atoms with Crippen LogP contribution >= 0.6 is 15.9 Å². The highest BCUT2D eigenvalue weighted by Gasteiger charge is 2.32. The smallest absolute Gasteiger partial charge is 0.242 e. The number of carbonyl (C=O) groups is 1. The summed E-state index contributed by atoms with van der Waals surface area (Å²) in [5.41, 5.74) is 1.87. The van der Waals surface area contributed by atoms with Gasteiger partial charge in [0.1, 0.15) is 6.04 Å². The van der Waals surface area contributed by atoms with Crippen LogP contribution < -0.4 is 5.32 Å². The van der Waals surface area contributed by atoms with Crippen LogP contribution in [0.2, 0.25) is 0 Å². The largest absolute Gasteiger partial charge is 0.350 e. The molecule has 1 heterocycles. The normalized spacial score (nSPS) is 18.2. The van der Waals surface area contributed by atoms with Crippen molar-refractivity contribution >= 4 is 31.7 Å². The predicted molar refractivity (Wildman–Crippen MR) is 105 cm³/mol. The van der Waals surface area contributed by atoms with Gasteiger partial charge in [-0.3, -0.25) is 9.69 Å². The molecule has 3 rings (SSSR count). The first kappa shape index (κ1) is 19.1. The Hall–Kier alpha value is -1.70. The molecule has 1 amide bonds. The molecule has 0 aliphatic carbocycles. The number of rotatable bonds is 5. The standard InChI is InChI=1S/C19H21BrN2O3S/c20-17-8-4-5-15(13-17)14-21-19(23)18(16-6-2-1-3-7-16)22-9-11-26(24,25)12-10-22/h1-8,13,18H,9-12,14H2,(H,21,23). The van der Waals surface area contributed by atoms with Gasteiger partial charge in [-0.05, 0) is 23.3 Å². The summed E-state index contributed by atoms with van der Waals surface area (Å²) in [5, 5.41) is 2.99. The van der Waals surface area contributed by atoms with E-state index in [9.17, 15) is 13.2 Å². The topological polar surface area (TPSA) is 66.5 Å². The second kappa shape index (κ2) is 8.33. The number of carbonyl (C=O) groups excluding carboxylic acids is 1. The van der Waals surface area contributed by atoms with Gasteiger partial charge in [0, 0.05) is 24.1 Å². The van der Waals surface area contributed by atoms with E-state index in [1.807, 2.05) is 59.5 Å². The molecule has 1 atom stereocenters. The van der Waals surface area contributed by atoms with Gasteiger partial charge in [-0.1, -0.05) is 58.4 Å². The zero-order chi connectivity index (χ0) is 18.6. The van der Waals surface area contributed by atoms with E-state index in [-0.39, 0.29) is 17.4 Å². The molecule has 1 aliphatic heterocycles. The molecule has 1 saturated heterocycles. The quantitative estimate of drug-likeness (QED) is 0.781. The molecule has 0 radical (unpaired) electrons. The number of nitrogens with one attached hydrogen (secondary N) is 1. The molecule has 138 valence electrons. The van der Waals surface area contributed by atoms with Gasteiger partial charge in [0.05, 0.1) is 11.5 Å². The van der Waals surface area contributed by atoms with Crippen LogP contribution in [0.15, 0.2) is 59.1 Å². The van der Waals surface area contributed by atoms with Crippen molar-refractivity contribution in [3.63, 3.8) is 0 Å². The van der Waals surface area contributed by atoms with Crippen LogP contribution in [0, 0.1) is 0 Å². The molecule has 0 spiro atoms. The molecule has 5 nitrogen and oxygen atoms in total. The summed E-state index contributed by atoms with van der Waals surface area (Å²) >= 11 is 3.43. The van der Waals surface area contributed by atoms with Gasteiger partial charge >= 0.3 is 0 Å². The minimum atomic E-state index is -3.00. The maximum absolute atomic E-state index is 12.9. The number of benzene rings is 2. The predicted octanol–water partition coefficient (Wildman–Crippen LogP) is 2.54. The number of sulfone groups is 1. The summed E-state index contributed by atoms with van der Waals surface area (Å²) in [6.07, 6.45) is 0. The van der Waals surface area contributed by atoms with Crippen LogP contribution in [0.25, 0.3) is 0 Å². The Morgan fingerprint density at radius 2 is 1.77 bits per heavy atom. The van der Waals surface area contributed by atoms with E-state index >= 15 is 0 Å². The Morgan fingerprint density at radius 1 is 1.08 bits per heavy atom. The van der Waals surface area contributed by atoms with Crippen LogP contribution in [0.1, 0.15) is 17.2 Å². The number of halogens is 1. The van der Waals surface area contributed by atoms with Crippen molar-refractivity contribution in [1.29, 1.82) is 0 Å². The van der Waals surface area contributed by atoms with Crippen LogP contribution in [0.3, 0.4) is 0 Å². The lowest BCUT2D eigenvalue weighted by Gasteiger charge is -2.33. The Morgan fingerprint density at radius 3 is 2.42 bits per heavy atom. The zero-order valence-electron chi connectivity index (χ0n) is 14.3. The Bertz CT molecular complexity index is 857. The van der Waals surface area contributed by atoms with Crippen molar-refractivity contribution < 1.29 is 13.2 Å². The molecular formula is C19H21BrN2O3S. The van der Waals surface area contributed by atoms with E-state index in [1.54, 1.807) is 0 Å². The van der Waals surface area contributed by atoms with Crippen LogP contribution in [0.5, 0.6) is 0 Å². The summed E-state index contributed by atoms with van der Waals surface area (Å²) in [4.78, 5) is 14.9. The fraction of sp³-hybridized carbons (Fsp3) is 0.316. The zero-order valence-corrected chi connectivity index (χ0v) is 16.7. The summed E-state index contributed by atoms with van der Waals surface area (Å²) in [5.74, 6) is 0.0697. The maximum Gasteiger partial charge on any atom is 0.242 e.